The summed E-state index contributed by atoms with van der Waals surface area (Å²) in [5.74, 6) is 1.19. The molecule has 0 bridgehead atoms. The van der Waals surface area contributed by atoms with Crippen molar-refractivity contribution in [3.63, 3.8) is 0 Å². The average Bonchev–Trinajstić information content (AvgIpc) is 3.07. The van der Waals surface area contributed by atoms with Crippen LogP contribution in [-0.4, -0.2) is 55.2 Å². The summed E-state index contributed by atoms with van der Waals surface area (Å²) in [6, 6.07) is 0. The first kappa shape index (κ1) is 26.4. The molecule has 0 aromatic carbocycles. The number of nitrogens with one attached hydrogen (secondary N) is 2. The van der Waals surface area contributed by atoms with E-state index in [0.29, 0.717) is 25.6 Å². The Morgan fingerprint density at radius 3 is 2.41 bits per heavy atom. The third-order valence-corrected chi connectivity index (χ3v) is 5.75. The first-order valence-electron chi connectivity index (χ1n) is 9.75. The van der Waals surface area contributed by atoms with E-state index in [1.807, 2.05) is 0 Å². The summed E-state index contributed by atoms with van der Waals surface area (Å²) in [6.45, 7) is 8.08. The van der Waals surface area contributed by atoms with Gasteiger partial charge in [0.1, 0.15) is 5.01 Å². The van der Waals surface area contributed by atoms with E-state index in [4.69, 9.17) is 0 Å². The molecule has 2 heterocycles. The maximum atomic E-state index is 12.4. The van der Waals surface area contributed by atoms with Gasteiger partial charge in [0.05, 0.1) is 18.8 Å². The topological polar surface area (TPSA) is 52.6 Å². The highest BCUT2D eigenvalue weighted by molar-refractivity contribution is 14.0. The number of hydrogen-bond acceptors (Lipinski definition) is 4. The largest absolute Gasteiger partial charge is 0.401 e. The molecular formula is C19H33F3IN5S. The fraction of sp³-hybridized carbons (Fsp3) is 0.789. The highest BCUT2D eigenvalue weighted by Gasteiger charge is 2.32. The van der Waals surface area contributed by atoms with Crippen molar-refractivity contribution in [2.24, 2.45) is 10.9 Å². The van der Waals surface area contributed by atoms with Crippen molar-refractivity contribution in [1.82, 2.24) is 20.5 Å². The van der Waals surface area contributed by atoms with Gasteiger partial charge in [0.15, 0.2) is 5.96 Å². The Bertz CT molecular complexity index is 635. The number of halogens is 4. The lowest BCUT2D eigenvalue weighted by Crippen LogP contribution is -2.41. The van der Waals surface area contributed by atoms with Gasteiger partial charge in [-0.2, -0.15) is 13.2 Å². The molecule has 1 saturated heterocycles. The van der Waals surface area contributed by atoms with Crippen molar-refractivity contribution >= 4 is 41.3 Å². The van der Waals surface area contributed by atoms with E-state index in [1.165, 1.54) is 4.90 Å². The van der Waals surface area contributed by atoms with Crippen molar-refractivity contribution in [2.75, 3.05) is 33.2 Å². The molecule has 10 heteroatoms. The number of hydrogen-bond donors (Lipinski definition) is 2. The van der Waals surface area contributed by atoms with E-state index in [2.05, 4.69) is 46.8 Å². The maximum Gasteiger partial charge on any atom is 0.401 e. The third kappa shape index (κ3) is 9.82. The maximum absolute atomic E-state index is 12.4. The summed E-state index contributed by atoms with van der Waals surface area (Å²) in [5.41, 5.74) is 1.14. The van der Waals surface area contributed by atoms with Crippen molar-refractivity contribution in [2.45, 2.75) is 58.2 Å². The molecule has 5 nitrogen and oxygen atoms in total. The Morgan fingerprint density at radius 2 is 1.90 bits per heavy atom. The van der Waals surface area contributed by atoms with Crippen molar-refractivity contribution in [3.8, 4) is 0 Å². The fourth-order valence-corrected chi connectivity index (χ4v) is 4.16. The predicted molar refractivity (Wildman–Crippen MR) is 124 cm³/mol. The molecule has 1 aromatic heterocycles. The number of rotatable bonds is 6. The smallest absolute Gasteiger partial charge is 0.356 e. The highest BCUT2D eigenvalue weighted by Crippen LogP contribution is 2.25. The lowest BCUT2D eigenvalue weighted by atomic mass is 9.93. The molecule has 168 valence electrons. The molecule has 0 saturated carbocycles. The summed E-state index contributed by atoms with van der Waals surface area (Å²) in [7, 11) is 1.73. The van der Waals surface area contributed by atoms with E-state index in [1.54, 1.807) is 18.4 Å². The molecule has 0 amide bonds. The minimum Gasteiger partial charge on any atom is -0.356 e. The van der Waals surface area contributed by atoms with E-state index >= 15 is 0 Å². The number of aliphatic imine (C=N–C) groups is 1. The van der Waals surface area contributed by atoms with Crippen molar-refractivity contribution in [3.05, 3.63) is 16.1 Å². The van der Waals surface area contributed by atoms with Crippen LogP contribution < -0.4 is 10.6 Å². The fourth-order valence-electron chi connectivity index (χ4n) is 3.20. The van der Waals surface area contributed by atoms with Gasteiger partial charge in [0.25, 0.3) is 0 Å². The predicted octanol–water partition coefficient (Wildman–Crippen LogP) is 4.39. The molecule has 0 spiro atoms. The second-order valence-corrected chi connectivity index (χ2v) is 9.30. The first-order valence-corrected chi connectivity index (χ1v) is 10.6. The molecule has 29 heavy (non-hydrogen) atoms. The van der Waals surface area contributed by atoms with Gasteiger partial charge in [0, 0.05) is 24.4 Å². The highest BCUT2D eigenvalue weighted by atomic mass is 127. The summed E-state index contributed by atoms with van der Waals surface area (Å²) < 4.78 is 37.3. The molecule has 0 unspecified atom stereocenters. The summed E-state index contributed by atoms with van der Waals surface area (Å²) >= 11 is 1.64. The Labute approximate surface area is 193 Å². The molecule has 1 aliphatic heterocycles. The van der Waals surface area contributed by atoms with Gasteiger partial charge in [-0.05, 0) is 38.3 Å². The van der Waals surface area contributed by atoms with Gasteiger partial charge in [0.2, 0.25) is 0 Å². The first-order chi connectivity index (χ1) is 13.1. The van der Waals surface area contributed by atoms with Crippen LogP contribution in [0.25, 0.3) is 0 Å². The zero-order valence-corrected chi connectivity index (χ0v) is 20.8. The molecule has 0 atom stereocenters. The van der Waals surface area contributed by atoms with Gasteiger partial charge >= 0.3 is 6.18 Å². The summed E-state index contributed by atoms with van der Waals surface area (Å²) in [4.78, 5) is 10.4. The number of alkyl halides is 3. The van der Waals surface area contributed by atoms with Gasteiger partial charge in [-0.15, -0.1) is 35.3 Å². The minimum absolute atomic E-state index is 0. The third-order valence-electron chi connectivity index (χ3n) is 4.91. The second kappa shape index (κ2) is 11.7. The molecule has 0 aliphatic carbocycles. The van der Waals surface area contributed by atoms with Crippen LogP contribution in [0.2, 0.25) is 0 Å². The summed E-state index contributed by atoms with van der Waals surface area (Å²) in [5, 5.41) is 9.68. The quantitative estimate of drug-likeness (QED) is 0.315. The van der Waals surface area contributed by atoms with Crippen LogP contribution in [0, 0.1) is 5.92 Å². The van der Waals surface area contributed by atoms with Crippen molar-refractivity contribution < 1.29 is 13.2 Å². The van der Waals surface area contributed by atoms with E-state index in [-0.39, 0.29) is 29.4 Å². The Kier molecular flexibility index (Phi) is 10.6. The van der Waals surface area contributed by atoms with Crippen molar-refractivity contribution in [1.29, 1.82) is 0 Å². The number of aromatic nitrogens is 1. The zero-order valence-electron chi connectivity index (χ0n) is 17.6. The SMILES string of the molecule is CN=C(NCCC1CCN(CC(F)(F)F)CC1)NCc1nc(C(C)(C)C)cs1.I. The minimum atomic E-state index is -4.10. The normalized spacial score (nSPS) is 17.1. The van der Waals surface area contributed by atoms with Crippen LogP contribution in [0.4, 0.5) is 13.2 Å². The molecule has 1 aromatic rings. The van der Waals surface area contributed by atoms with Gasteiger partial charge in [-0.25, -0.2) is 4.98 Å². The standard InChI is InChI=1S/C19H32F3N5S.HI/c1-18(2,3)15-12-28-16(26-15)11-25-17(23-4)24-8-5-14-6-9-27(10-7-14)13-19(20,21)22;/h12,14H,5-11,13H2,1-4H3,(H2,23,24,25);1H. The lowest BCUT2D eigenvalue weighted by molar-refractivity contribution is -0.148. The number of nitrogens with zero attached hydrogens (tertiary/aromatic N) is 3. The molecule has 2 N–H and O–H groups in total. The van der Waals surface area contributed by atoms with E-state index in [0.717, 1.165) is 42.5 Å². The number of likely N-dealkylation sites (tertiary alicyclic amines) is 1. The van der Waals surface area contributed by atoms with Gasteiger partial charge < -0.3 is 10.6 Å². The molecule has 1 fully saturated rings. The lowest BCUT2D eigenvalue weighted by Gasteiger charge is -2.32. The Morgan fingerprint density at radius 1 is 1.24 bits per heavy atom. The van der Waals surface area contributed by atoms with Crippen LogP contribution in [-0.2, 0) is 12.0 Å². The van der Waals surface area contributed by atoms with Crippen LogP contribution >= 0.6 is 35.3 Å². The molecule has 2 rings (SSSR count). The second-order valence-electron chi connectivity index (χ2n) is 8.35. The Hall–Kier alpha value is -0.620. The monoisotopic (exact) mass is 547 g/mol. The van der Waals surface area contributed by atoms with Gasteiger partial charge in [-0.3, -0.25) is 9.89 Å². The number of guanidine groups is 1. The van der Waals surface area contributed by atoms with Crippen LogP contribution in [0.1, 0.15) is 50.7 Å². The Balaban J connectivity index is 0.00000420. The van der Waals surface area contributed by atoms with E-state index < -0.39 is 12.7 Å². The van der Waals surface area contributed by atoms with Gasteiger partial charge in [-0.1, -0.05) is 20.8 Å². The van der Waals surface area contributed by atoms with Crippen LogP contribution in [0.15, 0.2) is 10.4 Å². The van der Waals surface area contributed by atoms with Crippen LogP contribution in [0.5, 0.6) is 0 Å². The van der Waals surface area contributed by atoms with E-state index in [9.17, 15) is 13.2 Å². The zero-order chi connectivity index (χ0) is 20.8. The number of piperidine rings is 1. The molecule has 0 radical (unpaired) electrons. The molecule has 1 aliphatic rings. The molecular weight excluding hydrogens is 514 g/mol. The summed E-state index contributed by atoms with van der Waals surface area (Å²) in [6.07, 6.45) is -1.53. The number of thiazole rings is 1. The van der Waals surface area contributed by atoms with Crippen LogP contribution in [0.3, 0.4) is 0 Å². The average molecular weight is 547 g/mol.